The maximum atomic E-state index is 12.1. The Hall–Kier alpha value is -2.20. The van der Waals surface area contributed by atoms with Crippen molar-refractivity contribution in [2.24, 2.45) is 0 Å². The molecule has 0 atom stereocenters. The van der Waals surface area contributed by atoms with Gasteiger partial charge in [0, 0.05) is 35.9 Å². The second-order valence-corrected chi connectivity index (χ2v) is 4.70. The molecule has 0 aliphatic carbocycles. The van der Waals surface area contributed by atoms with Crippen molar-refractivity contribution in [1.82, 2.24) is 10.3 Å². The van der Waals surface area contributed by atoms with E-state index in [1.807, 2.05) is 37.3 Å². The molecule has 4 nitrogen and oxygen atoms in total. The second kappa shape index (κ2) is 4.82. The van der Waals surface area contributed by atoms with E-state index in [4.69, 9.17) is 0 Å². The minimum atomic E-state index is -0.0280. The number of nitrogens with one attached hydrogen (secondary N) is 2. The summed E-state index contributed by atoms with van der Waals surface area (Å²) in [5.74, 6) is -0.0280. The summed E-state index contributed by atoms with van der Waals surface area (Å²) in [6, 6.07) is 9.61. The number of anilines is 1. The van der Waals surface area contributed by atoms with Crippen molar-refractivity contribution in [3.8, 4) is 0 Å². The summed E-state index contributed by atoms with van der Waals surface area (Å²) in [6.45, 7) is 3.51. The Labute approximate surface area is 111 Å². The summed E-state index contributed by atoms with van der Waals surface area (Å²) in [5, 5.41) is 7.09. The molecule has 96 valence electrons. The number of benzene rings is 1. The standard InChI is InChI=1S/C15H15N3O/c1-10(12-8-16-9-12)15(19)18-13-4-5-14-11(7-13)3-2-6-17-14/h2-7,16H,8-9H2,1H3,(H,18,19). The molecule has 4 heteroatoms. The Balaban J connectivity index is 1.83. The van der Waals surface area contributed by atoms with Crippen LogP contribution in [0.4, 0.5) is 5.69 Å². The molecule has 0 radical (unpaired) electrons. The first kappa shape index (κ1) is 11.9. The van der Waals surface area contributed by atoms with E-state index in [9.17, 15) is 4.79 Å². The predicted molar refractivity (Wildman–Crippen MR) is 75.9 cm³/mol. The molecule has 1 aromatic heterocycles. The maximum Gasteiger partial charge on any atom is 0.251 e. The van der Waals surface area contributed by atoms with Gasteiger partial charge in [0.25, 0.3) is 5.91 Å². The van der Waals surface area contributed by atoms with Gasteiger partial charge in [0.05, 0.1) is 5.52 Å². The topological polar surface area (TPSA) is 54.0 Å². The van der Waals surface area contributed by atoms with E-state index in [1.165, 1.54) is 5.57 Å². The molecule has 2 heterocycles. The number of carbonyl (C=O) groups is 1. The zero-order valence-corrected chi connectivity index (χ0v) is 10.7. The van der Waals surface area contributed by atoms with Crippen molar-refractivity contribution in [3.05, 3.63) is 47.7 Å². The summed E-state index contributed by atoms with van der Waals surface area (Å²) in [4.78, 5) is 16.3. The number of aromatic nitrogens is 1. The molecule has 1 saturated heterocycles. The summed E-state index contributed by atoms with van der Waals surface area (Å²) < 4.78 is 0. The summed E-state index contributed by atoms with van der Waals surface area (Å²) in [7, 11) is 0. The third kappa shape index (κ3) is 2.35. The number of carbonyl (C=O) groups excluding carboxylic acids is 1. The van der Waals surface area contributed by atoms with Gasteiger partial charge < -0.3 is 10.6 Å². The smallest absolute Gasteiger partial charge is 0.251 e. The Kier molecular flexibility index (Phi) is 3.01. The van der Waals surface area contributed by atoms with Crippen LogP contribution >= 0.6 is 0 Å². The molecular weight excluding hydrogens is 238 g/mol. The van der Waals surface area contributed by atoms with Crippen LogP contribution in [0.1, 0.15) is 6.92 Å². The normalized spacial score (nSPS) is 14.1. The lowest BCUT2D eigenvalue weighted by Crippen LogP contribution is -2.36. The first-order valence-corrected chi connectivity index (χ1v) is 6.29. The van der Waals surface area contributed by atoms with Crippen molar-refractivity contribution in [1.29, 1.82) is 0 Å². The highest BCUT2D eigenvalue weighted by atomic mass is 16.1. The van der Waals surface area contributed by atoms with Crippen LogP contribution in [0.15, 0.2) is 47.7 Å². The Morgan fingerprint density at radius 2 is 2.16 bits per heavy atom. The SMILES string of the molecule is CC(C(=O)Nc1ccc2ncccc2c1)=C1CNC1. The number of hydrogen-bond acceptors (Lipinski definition) is 3. The van der Waals surface area contributed by atoms with Crippen molar-refractivity contribution in [3.63, 3.8) is 0 Å². The number of rotatable bonds is 2. The highest BCUT2D eigenvalue weighted by Gasteiger charge is 2.16. The first-order valence-electron chi connectivity index (χ1n) is 6.29. The third-order valence-electron chi connectivity index (χ3n) is 3.41. The Bertz CT molecular complexity index is 670. The maximum absolute atomic E-state index is 12.1. The lowest BCUT2D eigenvalue weighted by molar-refractivity contribution is -0.112. The van der Waals surface area contributed by atoms with Crippen molar-refractivity contribution < 1.29 is 4.79 Å². The predicted octanol–water partition coefficient (Wildman–Crippen LogP) is 2.09. The van der Waals surface area contributed by atoms with E-state index in [-0.39, 0.29) is 5.91 Å². The molecule has 1 amide bonds. The molecule has 0 bridgehead atoms. The van der Waals surface area contributed by atoms with Crippen molar-refractivity contribution in [2.45, 2.75) is 6.92 Å². The van der Waals surface area contributed by atoms with Crippen LogP contribution in [0.5, 0.6) is 0 Å². The highest BCUT2D eigenvalue weighted by molar-refractivity contribution is 6.04. The van der Waals surface area contributed by atoms with E-state index in [1.54, 1.807) is 6.20 Å². The highest BCUT2D eigenvalue weighted by Crippen LogP contribution is 2.18. The fourth-order valence-corrected chi connectivity index (χ4v) is 2.05. The molecule has 2 N–H and O–H groups in total. The Morgan fingerprint density at radius 1 is 1.32 bits per heavy atom. The summed E-state index contributed by atoms with van der Waals surface area (Å²) >= 11 is 0. The molecule has 1 aromatic carbocycles. The Morgan fingerprint density at radius 3 is 2.89 bits per heavy atom. The van der Waals surface area contributed by atoms with Crippen LogP contribution < -0.4 is 10.6 Å². The third-order valence-corrected chi connectivity index (χ3v) is 3.41. The van der Waals surface area contributed by atoms with E-state index in [0.29, 0.717) is 0 Å². The van der Waals surface area contributed by atoms with Crippen LogP contribution in [0.3, 0.4) is 0 Å². The molecule has 0 unspecified atom stereocenters. The molecule has 3 rings (SSSR count). The largest absolute Gasteiger partial charge is 0.322 e. The van der Waals surface area contributed by atoms with Gasteiger partial charge in [0.15, 0.2) is 0 Å². The van der Waals surface area contributed by atoms with Gasteiger partial charge in [0.2, 0.25) is 0 Å². The van der Waals surface area contributed by atoms with Crippen LogP contribution in [0.2, 0.25) is 0 Å². The molecule has 0 spiro atoms. The molecular formula is C15H15N3O. The van der Waals surface area contributed by atoms with E-state index in [0.717, 1.165) is 35.3 Å². The average Bonchev–Trinajstić information content (AvgIpc) is 2.36. The number of amides is 1. The van der Waals surface area contributed by atoms with Gasteiger partial charge >= 0.3 is 0 Å². The van der Waals surface area contributed by atoms with Crippen molar-refractivity contribution in [2.75, 3.05) is 18.4 Å². The monoisotopic (exact) mass is 253 g/mol. The summed E-state index contributed by atoms with van der Waals surface area (Å²) in [5.41, 5.74) is 3.72. The van der Waals surface area contributed by atoms with Gasteiger partial charge in [-0.1, -0.05) is 6.07 Å². The minimum Gasteiger partial charge on any atom is -0.322 e. The lowest BCUT2D eigenvalue weighted by atomic mass is 10.0. The number of hydrogen-bond donors (Lipinski definition) is 2. The zero-order valence-electron chi connectivity index (χ0n) is 10.7. The average molecular weight is 253 g/mol. The van der Waals surface area contributed by atoms with Gasteiger partial charge in [-0.3, -0.25) is 9.78 Å². The van der Waals surface area contributed by atoms with Gasteiger partial charge in [-0.15, -0.1) is 0 Å². The number of fused-ring (bicyclic) bond motifs is 1. The van der Waals surface area contributed by atoms with Crippen molar-refractivity contribution >= 4 is 22.5 Å². The quantitative estimate of drug-likeness (QED) is 0.806. The van der Waals surface area contributed by atoms with Crippen LogP contribution in [0, 0.1) is 0 Å². The molecule has 1 aliphatic heterocycles. The lowest BCUT2D eigenvalue weighted by Gasteiger charge is -2.21. The van der Waals surface area contributed by atoms with Crippen LogP contribution in [-0.4, -0.2) is 24.0 Å². The van der Waals surface area contributed by atoms with Gasteiger partial charge in [0.1, 0.15) is 0 Å². The van der Waals surface area contributed by atoms with E-state index >= 15 is 0 Å². The molecule has 0 saturated carbocycles. The molecule has 2 aromatic rings. The zero-order chi connectivity index (χ0) is 13.2. The molecule has 1 aliphatic rings. The number of pyridine rings is 1. The first-order chi connectivity index (χ1) is 9.24. The minimum absolute atomic E-state index is 0.0280. The number of nitrogens with zero attached hydrogens (tertiary/aromatic N) is 1. The second-order valence-electron chi connectivity index (χ2n) is 4.70. The van der Waals surface area contributed by atoms with Crippen LogP contribution in [0.25, 0.3) is 10.9 Å². The van der Waals surface area contributed by atoms with Gasteiger partial charge in [-0.05, 0) is 36.8 Å². The fourth-order valence-electron chi connectivity index (χ4n) is 2.05. The van der Waals surface area contributed by atoms with Gasteiger partial charge in [-0.2, -0.15) is 0 Å². The summed E-state index contributed by atoms with van der Waals surface area (Å²) in [6.07, 6.45) is 1.76. The van der Waals surface area contributed by atoms with Gasteiger partial charge in [-0.25, -0.2) is 0 Å². The van der Waals surface area contributed by atoms with E-state index in [2.05, 4.69) is 15.6 Å². The van der Waals surface area contributed by atoms with Crippen LogP contribution in [-0.2, 0) is 4.79 Å². The molecule has 19 heavy (non-hydrogen) atoms. The van der Waals surface area contributed by atoms with E-state index < -0.39 is 0 Å². The fraction of sp³-hybridized carbons (Fsp3) is 0.200. The molecule has 1 fully saturated rings.